The molecule has 0 fully saturated rings. The van der Waals surface area contributed by atoms with E-state index in [-0.39, 0.29) is 23.7 Å². The molecule has 0 aromatic heterocycles. The third-order valence-electron chi connectivity index (χ3n) is 4.25. The van der Waals surface area contributed by atoms with Gasteiger partial charge >= 0.3 is 5.97 Å². The van der Waals surface area contributed by atoms with Gasteiger partial charge in [-0.2, -0.15) is 0 Å². The molecule has 0 aliphatic carbocycles. The second-order valence-corrected chi connectivity index (χ2v) is 8.22. The van der Waals surface area contributed by atoms with Gasteiger partial charge in [-0.1, -0.05) is 29.8 Å². The highest BCUT2D eigenvalue weighted by Crippen LogP contribution is 2.22. The number of esters is 1. The van der Waals surface area contributed by atoms with Crippen LogP contribution in [-0.4, -0.2) is 38.8 Å². The van der Waals surface area contributed by atoms with E-state index in [0.717, 1.165) is 5.56 Å². The van der Waals surface area contributed by atoms with Gasteiger partial charge in [0.25, 0.3) is 15.9 Å². The summed E-state index contributed by atoms with van der Waals surface area (Å²) in [4.78, 5) is 28.4. The number of fused-ring (bicyclic) bond motifs is 1. The van der Waals surface area contributed by atoms with Gasteiger partial charge in [-0.25, -0.2) is 8.42 Å². The molecule has 2 N–H and O–H groups in total. The second-order valence-electron chi connectivity index (χ2n) is 6.57. The van der Waals surface area contributed by atoms with Crippen LogP contribution in [-0.2, 0) is 24.3 Å². The topological polar surface area (TPSA) is 114 Å². The zero-order valence-corrected chi connectivity index (χ0v) is 16.8. The predicted molar refractivity (Wildman–Crippen MR) is 108 cm³/mol. The first-order valence-corrected chi connectivity index (χ1v) is 10.5. The van der Waals surface area contributed by atoms with Crippen LogP contribution in [0, 0.1) is 6.92 Å². The molecule has 2 aromatic rings. The number of aryl methyl sites for hydroxylation is 1. The zero-order valence-electron chi connectivity index (χ0n) is 16.0. The molecule has 1 amide bonds. The quantitative estimate of drug-likeness (QED) is 0.701. The van der Waals surface area contributed by atoms with E-state index in [1.165, 1.54) is 13.0 Å². The summed E-state index contributed by atoms with van der Waals surface area (Å²) in [5, 5.41) is 2.67. The number of ether oxygens (including phenoxy) is 1. The summed E-state index contributed by atoms with van der Waals surface area (Å²) in [6.07, 6.45) is -1.06. The number of carbonyl (C=O) groups is 2. The molecule has 0 bridgehead atoms. The number of carbonyl (C=O) groups excluding carboxylic acids is 2. The van der Waals surface area contributed by atoms with E-state index in [0.29, 0.717) is 11.3 Å². The second kappa shape index (κ2) is 8.44. The molecule has 0 radical (unpaired) electrons. The first kappa shape index (κ1) is 20.5. The first-order valence-electron chi connectivity index (χ1n) is 9.00. The molecule has 8 nitrogen and oxygen atoms in total. The predicted octanol–water partition coefficient (Wildman–Crippen LogP) is 1.99. The smallest absolute Gasteiger partial charge is 0.308 e. The van der Waals surface area contributed by atoms with Crippen LogP contribution in [0.1, 0.15) is 24.5 Å². The third-order valence-corrected chi connectivity index (χ3v) is 5.64. The molecule has 9 heteroatoms. The number of aliphatic imine (C=N–C) groups is 1. The Morgan fingerprint density at radius 3 is 2.55 bits per heavy atom. The van der Waals surface area contributed by atoms with Gasteiger partial charge < -0.3 is 10.1 Å². The maximum atomic E-state index is 12.1. The Labute approximate surface area is 169 Å². The molecule has 1 heterocycles. The normalized spacial score (nSPS) is 16.6. The SMILES string of the molecule is Cc1ccc(NC(=O)[C@@H](C)OC(=O)CCN=C2NS(=O)(=O)c3ccccc32)cc1. The van der Waals surface area contributed by atoms with Crippen molar-refractivity contribution in [3.05, 3.63) is 59.7 Å². The van der Waals surface area contributed by atoms with Crippen LogP contribution in [0.5, 0.6) is 0 Å². The fraction of sp³-hybridized carbons (Fsp3) is 0.250. The van der Waals surface area contributed by atoms with Crippen molar-refractivity contribution >= 4 is 33.4 Å². The summed E-state index contributed by atoms with van der Waals surface area (Å²) in [7, 11) is -3.62. The highest BCUT2D eigenvalue weighted by atomic mass is 32.2. The number of benzene rings is 2. The van der Waals surface area contributed by atoms with Crippen LogP contribution in [0.4, 0.5) is 5.69 Å². The van der Waals surface area contributed by atoms with Gasteiger partial charge in [0.05, 0.1) is 17.9 Å². The number of amides is 1. The van der Waals surface area contributed by atoms with Crippen LogP contribution in [0.15, 0.2) is 58.4 Å². The Kier molecular flexibility index (Phi) is 5.97. The average molecular weight is 415 g/mol. The Morgan fingerprint density at radius 2 is 1.83 bits per heavy atom. The van der Waals surface area contributed by atoms with Crippen LogP contribution in [0.2, 0.25) is 0 Å². The van der Waals surface area contributed by atoms with E-state index in [4.69, 9.17) is 4.74 Å². The summed E-state index contributed by atoms with van der Waals surface area (Å²) in [6, 6.07) is 13.7. The Hall–Kier alpha value is -3.20. The van der Waals surface area contributed by atoms with E-state index in [9.17, 15) is 18.0 Å². The molecule has 0 unspecified atom stereocenters. The van der Waals surface area contributed by atoms with Crippen LogP contribution >= 0.6 is 0 Å². The van der Waals surface area contributed by atoms with Crippen molar-refractivity contribution in [2.45, 2.75) is 31.3 Å². The Morgan fingerprint density at radius 1 is 1.14 bits per heavy atom. The zero-order chi connectivity index (χ0) is 21.0. The van der Waals surface area contributed by atoms with E-state index >= 15 is 0 Å². The van der Waals surface area contributed by atoms with Gasteiger partial charge in [-0.05, 0) is 38.1 Å². The molecule has 1 atom stereocenters. The average Bonchev–Trinajstić information content (AvgIpc) is 2.94. The molecule has 3 rings (SSSR count). The lowest BCUT2D eigenvalue weighted by molar-refractivity contribution is -0.152. The van der Waals surface area contributed by atoms with E-state index in [1.807, 2.05) is 19.1 Å². The Balaban J connectivity index is 1.52. The number of sulfonamides is 1. The molecule has 0 spiro atoms. The number of hydrogen-bond donors (Lipinski definition) is 2. The van der Waals surface area contributed by atoms with Crippen molar-refractivity contribution in [3.63, 3.8) is 0 Å². The molecule has 2 aromatic carbocycles. The maximum Gasteiger partial charge on any atom is 0.308 e. The van der Waals surface area contributed by atoms with Crippen LogP contribution < -0.4 is 10.0 Å². The third kappa shape index (κ3) is 5.00. The van der Waals surface area contributed by atoms with E-state index in [2.05, 4.69) is 15.0 Å². The lowest BCUT2D eigenvalue weighted by atomic mass is 10.2. The summed E-state index contributed by atoms with van der Waals surface area (Å²) in [6.45, 7) is 3.44. The summed E-state index contributed by atoms with van der Waals surface area (Å²) in [5.41, 5.74) is 2.14. The molecular weight excluding hydrogens is 394 g/mol. The van der Waals surface area contributed by atoms with Crippen molar-refractivity contribution in [3.8, 4) is 0 Å². The van der Waals surface area contributed by atoms with Crippen molar-refractivity contribution in [2.75, 3.05) is 11.9 Å². The largest absolute Gasteiger partial charge is 0.452 e. The minimum absolute atomic E-state index is 0.0251. The minimum Gasteiger partial charge on any atom is -0.452 e. The van der Waals surface area contributed by atoms with Crippen molar-refractivity contribution in [1.82, 2.24) is 4.72 Å². The monoisotopic (exact) mass is 415 g/mol. The molecule has 0 saturated carbocycles. The number of nitrogens with one attached hydrogen (secondary N) is 2. The fourth-order valence-corrected chi connectivity index (χ4v) is 3.95. The van der Waals surface area contributed by atoms with Crippen molar-refractivity contribution in [1.29, 1.82) is 0 Å². The molecule has 0 saturated heterocycles. The van der Waals surface area contributed by atoms with Gasteiger partial charge in [-0.3, -0.25) is 19.3 Å². The highest BCUT2D eigenvalue weighted by Gasteiger charge is 2.30. The maximum absolute atomic E-state index is 12.1. The van der Waals surface area contributed by atoms with Gasteiger partial charge in [0.1, 0.15) is 5.84 Å². The number of nitrogens with zero attached hydrogens (tertiary/aromatic N) is 1. The van der Waals surface area contributed by atoms with Gasteiger partial charge in [0.15, 0.2) is 6.10 Å². The molecule has 1 aliphatic heterocycles. The number of rotatable bonds is 6. The molecule has 1 aliphatic rings. The lowest BCUT2D eigenvalue weighted by Crippen LogP contribution is -2.30. The molecule has 152 valence electrons. The first-order chi connectivity index (χ1) is 13.8. The lowest BCUT2D eigenvalue weighted by Gasteiger charge is -2.13. The number of hydrogen-bond acceptors (Lipinski definition) is 6. The standard InChI is InChI=1S/C20H21N3O5S/c1-13-7-9-15(10-8-13)22-20(25)14(2)28-18(24)11-12-21-19-16-5-3-4-6-17(16)29(26,27)23-19/h3-10,14H,11-12H2,1-2H3,(H,21,23)(H,22,25)/t14-/m1/s1. The van der Waals surface area contributed by atoms with Crippen LogP contribution in [0.25, 0.3) is 0 Å². The summed E-state index contributed by atoms with van der Waals surface area (Å²) in [5.74, 6) is -0.848. The summed E-state index contributed by atoms with van der Waals surface area (Å²) < 4.78 is 31.5. The Bertz CT molecular complexity index is 1060. The van der Waals surface area contributed by atoms with Gasteiger partial charge in [-0.15, -0.1) is 0 Å². The molecule has 29 heavy (non-hydrogen) atoms. The fourth-order valence-electron chi connectivity index (χ4n) is 2.70. The van der Waals surface area contributed by atoms with Gasteiger partial charge in [0, 0.05) is 11.3 Å². The van der Waals surface area contributed by atoms with Crippen molar-refractivity contribution in [2.24, 2.45) is 4.99 Å². The van der Waals surface area contributed by atoms with Gasteiger partial charge in [0.2, 0.25) is 0 Å². The van der Waals surface area contributed by atoms with E-state index < -0.39 is 28.0 Å². The minimum atomic E-state index is -3.62. The van der Waals surface area contributed by atoms with Crippen molar-refractivity contribution < 1.29 is 22.7 Å². The number of amidine groups is 1. The molecular formula is C20H21N3O5S. The van der Waals surface area contributed by atoms with Crippen LogP contribution in [0.3, 0.4) is 0 Å². The summed E-state index contributed by atoms with van der Waals surface area (Å²) >= 11 is 0. The highest BCUT2D eigenvalue weighted by molar-refractivity contribution is 7.90. The number of anilines is 1. The van der Waals surface area contributed by atoms with E-state index in [1.54, 1.807) is 30.3 Å².